The number of hydrogen-bond acceptors (Lipinski definition) is 3. The lowest BCUT2D eigenvalue weighted by atomic mass is 10.2. The first-order valence-corrected chi connectivity index (χ1v) is 3.33. The van der Waals surface area contributed by atoms with Crippen molar-refractivity contribution in [2.75, 3.05) is 6.54 Å². The average molecular weight is 155 g/mol. The van der Waals surface area contributed by atoms with Crippen molar-refractivity contribution < 1.29 is 14.3 Å². The van der Waals surface area contributed by atoms with Crippen LogP contribution in [-0.4, -0.2) is 23.3 Å². The number of amides is 1. The molecule has 0 atom stereocenters. The van der Waals surface area contributed by atoms with Crippen molar-refractivity contribution >= 4 is 11.9 Å². The Labute approximate surface area is 64.4 Å². The molecule has 0 aromatic rings. The topological polar surface area (TPSA) is 46.6 Å². The molecule has 0 radical (unpaired) electrons. The fourth-order valence-electron chi connectivity index (χ4n) is 0.690. The summed E-state index contributed by atoms with van der Waals surface area (Å²) in [6, 6.07) is 0. The third-order valence-corrected chi connectivity index (χ3v) is 1.36. The highest BCUT2D eigenvalue weighted by Crippen LogP contribution is 2.07. The van der Waals surface area contributed by atoms with E-state index in [1.54, 1.807) is 0 Å². The molecule has 1 fully saturated rings. The summed E-state index contributed by atoms with van der Waals surface area (Å²) in [6.45, 7) is 2.03. The van der Waals surface area contributed by atoms with Crippen LogP contribution in [0.3, 0.4) is 0 Å². The standard InChI is InChI=1S/C7H9NO3/c1-6(9)11-5-4-8-3-2-7(8)10/h4-5H,2-3H2,1H3/b5-4+. The van der Waals surface area contributed by atoms with E-state index in [-0.39, 0.29) is 11.9 Å². The minimum Gasteiger partial charge on any atom is -0.433 e. The van der Waals surface area contributed by atoms with Gasteiger partial charge in [-0.25, -0.2) is 0 Å². The van der Waals surface area contributed by atoms with Crippen molar-refractivity contribution in [1.82, 2.24) is 4.90 Å². The SMILES string of the molecule is CC(=O)O/C=C/N1CCC1=O. The van der Waals surface area contributed by atoms with E-state index in [0.29, 0.717) is 6.42 Å². The highest BCUT2D eigenvalue weighted by Gasteiger charge is 2.20. The minimum atomic E-state index is -0.380. The monoisotopic (exact) mass is 155 g/mol. The van der Waals surface area contributed by atoms with Gasteiger partial charge in [0.05, 0.1) is 0 Å². The Morgan fingerprint density at radius 2 is 2.45 bits per heavy atom. The maximum atomic E-state index is 10.6. The van der Waals surface area contributed by atoms with Crippen molar-refractivity contribution in [2.45, 2.75) is 13.3 Å². The maximum Gasteiger partial charge on any atom is 0.307 e. The molecule has 1 heterocycles. The number of carbonyl (C=O) groups is 2. The third-order valence-electron chi connectivity index (χ3n) is 1.36. The van der Waals surface area contributed by atoms with Gasteiger partial charge in [-0.1, -0.05) is 0 Å². The van der Waals surface area contributed by atoms with E-state index in [4.69, 9.17) is 0 Å². The average Bonchev–Trinajstić information content (AvgIpc) is 1.94. The molecule has 0 aromatic carbocycles. The van der Waals surface area contributed by atoms with Gasteiger partial charge in [0.25, 0.3) is 0 Å². The van der Waals surface area contributed by atoms with Crippen LogP contribution < -0.4 is 0 Å². The summed E-state index contributed by atoms with van der Waals surface area (Å²) < 4.78 is 4.48. The molecule has 0 aliphatic carbocycles. The van der Waals surface area contributed by atoms with Gasteiger partial charge < -0.3 is 9.64 Å². The van der Waals surface area contributed by atoms with Crippen molar-refractivity contribution in [2.24, 2.45) is 0 Å². The maximum absolute atomic E-state index is 10.6. The molecule has 1 amide bonds. The molecule has 0 bridgehead atoms. The highest BCUT2D eigenvalue weighted by atomic mass is 16.5. The second-order valence-corrected chi connectivity index (χ2v) is 2.23. The molecule has 4 heteroatoms. The molecule has 4 nitrogen and oxygen atoms in total. The Kier molecular flexibility index (Phi) is 2.25. The molecule has 0 spiro atoms. The van der Waals surface area contributed by atoms with E-state index >= 15 is 0 Å². The molecule has 1 aliphatic heterocycles. The third kappa shape index (κ3) is 2.07. The lowest BCUT2D eigenvalue weighted by Crippen LogP contribution is -2.38. The Morgan fingerprint density at radius 1 is 1.73 bits per heavy atom. The number of likely N-dealkylation sites (tertiary alicyclic amines) is 1. The van der Waals surface area contributed by atoms with Crippen LogP contribution in [0.2, 0.25) is 0 Å². The van der Waals surface area contributed by atoms with Gasteiger partial charge in [-0.15, -0.1) is 0 Å². The van der Waals surface area contributed by atoms with Crippen LogP contribution in [0.25, 0.3) is 0 Å². The van der Waals surface area contributed by atoms with Crippen molar-refractivity contribution in [1.29, 1.82) is 0 Å². The molecule has 1 aliphatic rings. The highest BCUT2D eigenvalue weighted by molar-refractivity contribution is 5.82. The van der Waals surface area contributed by atoms with Crippen LogP contribution >= 0.6 is 0 Å². The predicted octanol–water partition coefficient (Wildman–Crippen LogP) is 0.253. The van der Waals surface area contributed by atoms with Crippen LogP contribution in [-0.2, 0) is 14.3 Å². The van der Waals surface area contributed by atoms with Crippen LogP contribution in [0.4, 0.5) is 0 Å². The summed E-state index contributed by atoms with van der Waals surface area (Å²) in [5, 5.41) is 0. The van der Waals surface area contributed by atoms with E-state index in [0.717, 1.165) is 6.54 Å². The molecular weight excluding hydrogens is 146 g/mol. The van der Waals surface area contributed by atoms with Crippen LogP contribution in [0, 0.1) is 0 Å². The molecule has 0 unspecified atom stereocenters. The minimum absolute atomic E-state index is 0.0633. The van der Waals surface area contributed by atoms with Crippen molar-refractivity contribution in [3.05, 3.63) is 12.5 Å². The number of carbonyl (C=O) groups excluding carboxylic acids is 2. The lowest BCUT2D eigenvalue weighted by molar-refractivity contribution is -0.138. The molecule has 0 N–H and O–H groups in total. The molecular formula is C7H9NO3. The Bertz CT molecular complexity index is 210. The van der Waals surface area contributed by atoms with Gasteiger partial charge in [0.15, 0.2) is 0 Å². The zero-order valence-electron chi connectivity index (χ0n) is 6.24. The van der Waals surface area contributed by atoms with Gasteiger partial charge in [-0.05, 0) is 0 Å². The Morgan fingerprint density at radius 3 is 2.82 bits per heavy atom. The molecule has 1 rings (SSSR count). The van der Waals surface area contributed by atoms with Crippen LogP contribution in [0.5, 0.6) is 0 Å². The summed E-state index contributed by atoms with van der Waals surface area (Å²) in [4.78, 5) is 22.4. The van der Waals surface area contributed by atoms with Gasteiger partial charge in [0.1, 0.15) is 6.26 Å². The Balaban J connectivity index is 2.24. The van der Waals surface area contributed by atoms with Crippen LogP contribution in [0.1, 0.15) is 13.3 Å². The van der Waals surface area contributed by atoms with Gasteiger partial charge in [0.2, 0.25) is 5.91 Å². The molecule has 0 saturated carbocycles. The zero-order valence-corrected chi connectivity index (χ0v) is 6.24. The van der Waals surface area contributed by atoms with Gasteiger partial charge in [-0.2, -0.15) is 0 Å². The Hall–Kier alpha value is -1.32. The molecule has 60 valence electrons. The van der Waals surface area contributed by atoms with Gasteiger partial charge in [-0.3, -0.25) is 9.59 Å². The molecule has 0 aromatic heterocycles. The largest absolute Gasteiger partial charge is 0.433 e. The smallest absolute Gasteiger partial charge is 0.307 e. The normalized spacial score (nSPS) is 16.8. The van der Waals surface area contributed by atoms with Crippen LogP contribution in [0.15, 0.2) is 12.5 Å². The summed E-state index contributed by atoms with van der Waals surface area (Å²) in [6.07, 6.45) is 3.27. The summed E-state index contributed by atoms with van der Waals surface area (Å²) in [7, 11) is 0. The summed E-state index contributed by atoms with van der Waals surface area (Å²) in [5.74, 6) is -0.317. The lowest BCUT2D eigenvalue weighted by Gasteiger charge is -2.26. The predicted molar refractivity (Wildman–Crippen MR) is 37.2 cm³/mol. The van der Waals surface area contributed by atoms with E-state index < -0.39 is 0 Å². The van der Waals surface area contributed by atoms with Gasteiger partial charge >= 0.3 is 5.97 Å². The van der Waals surface area contributed by atoms with Crippen molar-refractivity contribution in [3.63, 3.8) is 0 Å². The fourth-order valence-corrected chi connectivity index (χ4v) is 0.690. The summed E-state index contributed by atoms with van der Waals surface area (Å²) >= 11 is 0. The summed E-state index contributed by atoms with van der Waals surface area (Å²) in [5.41, 5.74) is 0. The number of β-lactam (4-membered cyclic amide) rings is 1. The van der Waals surface area contributed by atoms with E-state index in [9.17, 15) is 9.59 Å². The number of nitrogens with zero attached hydrogens (tertiary/aromatic N) is 1. The fraction of sp³-hybridized carbons (Fsp3) is 0.429. The second-order valence-electron chi connectivity index (χ2n) is 2.23. The molecule has 11 heavy (non-hydrogen) atoms. The first kappa shape index (κ1) is 7.78. The number of hydrogen-bond donors (Lipinski definition) is 0. The number of rotatable bonds is 2. The van der Waals surface area contributed by atoms with E-state index in [2.05, 4.69) is 4.74 Å². The first-order chi connectivity index (χ1) is 5.20. The molecule has 1 saturated heterocycles. The first-order valence-electron chi connectivity index (χ1n) is 3.33. The van der Waals surface area contributed by atoms with Crippen molar-refractivity contribution in [3.8, 4) is 0 Å². The van der Waals surface area contributed by atoms with E-state index in [1.807, 2.05) is 0 Å². The number of esters is 1. The number of ether oxygens (including phenoxy) is 1. The second kappa shape index (κ2) is 3.18. The zero-order chi connectivity index (χ0) is 8.27. The quantitative estimate of drug-likeness (QED) is 0.326. The van der Waals surface area contributed by atoms with Gasteiger partial charge in [0, 0.05) is 26.1 Å². The van der Waals surface area contributed by atoms with E-state index in [1.165, 1.54) is 24.3 Å².